The molecule has 0 unspecified atom stereocenters. The van der Waals surface area contributed by atoms with Crippen LogP contribution < -0.4 is 0 Å². The summed E-state index contributed by atoms with van der Waals surface area (Å²) in [5, 5.41) is 0. The van der Waals surface area contributed by atoms with Crippen LogP contribution >= 0.6 is 0 Å². The molecular weight excluding hydrogens is 260 g/mol. The summed E-state index contributed by atoms with van der Waals surface area (Å²) >= 11 is 0. The van der Waals surface area contributed by atoms with Crippen LogP contribution in [0.1, 0.15) is 25.3 Å². The lowest BCUT2D eigenvalue weighted by molar-refractivity contribution is 0.402. The number of hydrogen-bond donors (Lipinski definition) is 0. The zero-order valence-corrected chi connectivity index (χ0v) is 10.1. The lowest BCUT2D eigenvalue weighted by Gasteiger charge is -2.13. The Labute approximate surface area is 96.2 Å². The second-order valence-corrected chi connectivity index (χ2v) is 5.88. The maximum absolute atomic E-state index is 13.4. The number of sulfone groups is 1. The Balaban J connectivity index is 3.84. The third-order valence-corrected chi connectivity index (χ3v) is 3.31. The van der Waals surface area contributed by atoms with E-state index in [1.165, 1.54) is 13.8 Å². The summed E-state index contributed by atoms with van der Waals surface area (Å²) in [7, 11) is -4.38. The van der Waals surface area contributed by atoms with Crippen molar-refractivity contribution in [2.75, 3.05) is 6.26 Å². The molecule has 7 heteroatoms. The summed E-state index contributed by atoms with van der Waals surface area (Å²) in [4.78, 5) is -1.57. The van der Waals surface area contributed by atoms with Crippen LogP contribution in [-0.2, 0) is 9.84 Å². The van der Waals surface area contributed by atoms with Gasteiger partial charge in [-0.25, -0.2) is 26.0 Å². The molecule has 0 aromatic heterocycles. The van der Waals surface area contributed by atoms with Gasteiger partial charge in [0, 0.05) is 11.8 Å². The molecule has 0 atom stereocenters. The van der Waals surface area contributed by atoms with Crippen LogP contribution in [0.5, 0.6) is 0 Å². The van der Waals surface area contributed by atoms with Gasteiger partial charge in [-0.3, -0.25) is 0 Å². The molecule has 1 aromatic rings. The molecule has 0 aliphatic carbocycles. The van der Waals surface area contributed by atoms with E-state index >= 15 is 0 Å². The third kappa shape index (κ3) is 2.29. The first-order chi connectivity index (χ1) is 7.59. The maximum atomic E-state index is 13.4. The van der Waals surface area contributed by atoms with E-state index in [1.807, 2.05) is 0 Å². The van der Waals surface area contributed by atoms with Crippen molar-refractivity contribution in [2.45, 2.75) is 24.7 Å². The average Bonchev–Trinajstić information content (AvgIpc) is 2.12. The summed E-state index contributed by atoms with van der Waals surface area (Å²) < 4.78 is 75.8. The number of hydrogen-bond acceptors (Lipinski definition) is 2. The van der Waals surface area contributed by atoms with Gasteiger partial charge >= 0.3 is 0 Å². The van der Waals surface area contributed by atoms with Crippen molar-refractivity contribution in [3.05, 3.63) is 28.8 Å². The summed E-state index contributed by atoms with van der Waals surface area (Å²) in [6, 6.07) is 0. The van der Waals surface area contributed by atoms with E-state index in [9.17, 15) is 26.0 Å². The molecule has 0 saturated heterocycles. The van der Waals surface area contributed by atoms with Gasteiger partial charge in [0.2, 0.25) is 0 Å². The maximum Gasteiger partial charge on any atom is 0.181 e. The molecule has 0 amide bonds. The fraction of sp³-hybridized carbons (Fsp3) is 0.400. The highest BCUT2D eigenvalue weighted by molar-refractivity contribution is 7.90. The molecule has 0 heterocycles. The summed E-state index contributed by atoms with van der Waals surface area (Å²) in [5.74, 6) is -7.91. The Morgan fingerprint density at radius 2 is 1.24 bits per heavy atom. The number of halogens is 4. The molecule has 0 saturated carbocycles. The number of benzene rings is 1. The molecule has 96 valence electrons. The second-order valence-electron chi connectivity index (χ2n) is 3.93. The topological polar surface area (TPSA) is 34.1 Å². The van der Waals surface area contributed by atoms with Gasteiger partial charge in [-0.2, -0.15) is 0 Å². The summed E-state index contributed by atoms with van der Waals surface area (Å²) in [5.41, 5.74) is -0.799. The van der Waals surface area contributed by atoms with Crippen LogP contribution in [0, 0.1) is 23.3 Å². The van der Waals surface area contributed by atoms with Gasteiger partial charge in [0.05, 0.1) is 0 Å². The minimum Gasteiger partial charge on any atom is -0.224 e. The van der Waals surface area contributed by atoms with E-state index in [1.54, 1.807) is 0 Å². The van der Waals surface area contributed by atoms with Crippen LogP contribution in [0.15, 0.2) is 4.90 Å². The molecule has 0 spiro atoms. The van der Waals surface area contributed by atoms with Gasteiger partial charge < -0.3 is 0 Å². The molecule has 0 aliphatic heterocycles. The van der Waals surface area contributed by atoms with E-state index < -0.39 is 49.5 Å². The van der Waals surface area contributed by atoms with Gasteiger partial charge in [-0.15, -0.1) is 0 Å². The normalized spacial score (nSPS) is 12.2. The molecule has 0 N–H and O–H groups in total. The standard InChI is InChI=1S/C10H10F4O2S/c1-4(2)5-6(11)8(13)10(17(3,15)16)9(14)7(5)12/h4H,1-3H3. The lowest BCUT2D eigenvalue weighted by Crippen LogP contribution is -2.13. The van der Waals surface area contributed by atoms with Crippen LogP contribution in [0.4, 0.5) is 17.6 Å². The quantitative estimate of drug-likeness (QED) is 0.611. The minimum absolute atomic E-state index is 0.475. The second kappa shape index (κ2) is 4.29. The summed E-state index contributed by atoms with van der Waals surface area (Å²) in [6.07, 6.45) is 0.475. The average molecular weight is 270 g/mol. The van der Waals surface area contributed by atoms with Crippen LogP contribution in [0.2, 0.25) is 0 Å². The first kappa shape index (κ1) is 14.0. The Morgan fingerprint density at radius 1 is 0.882 bits per heavy atom. The van der Waals surface area contributed by atoms with Crippen molar-refractivity contribution in [3.63, 3.8) is 0 Å². The lowest BCUT2D eigenvalue weighted by atomic mass is 10.0. The minimum atomic E-state index is -4.38. The van der Waals surface area contributed by atoms with E-state index in [0.29, 0.717) is 6.26 Å². The Morgan fingerprint density at radius 3 is 1.47 bits per heavy atom. The highest BCUT2D eigenvalue weighted by atomic mass is 32.2. The van der Waals surface area contributed by atoms with Gasteiger partial charge in [0.15, 0.2) is 33.1 Å². The van der Waals surface area contributed by atoms with E-state index in [0.717, 1.165) is 0 Å². The Hall–Kier alpha value is -1.11. The van der Waals surface area contributed by atoms with Gasteiger partial charge in [-0.05, 0) is 5.92 Å². The van der Waals surface area contributed by atoms with Crippen molar-refractivity contribution in [1.82, 2.24) is 0 Å². The van der Waals surface area contributed by atoms with E-state index in [2.05, 4.69) is 0 Å². The Bertz CT molecular complexity index is 535. The largest absolute Gasteiger partial charge is 0.224 e. The molecular formula is C10H10F4O2S. The van der Waals surface area contributed by atoms with Crippen molar-refractivity contribution in [3.8, 4) is 0 Å². The van der Waals surface area contributed by atoms with Crippen molar-refractivity contribution >= 4 is 9.84 Å². The highest BCUT2D eigenvalue weighted by Gasteiger charge is 2.31. The van der Waals surface area contributed by atoms with Gasteiger partial charge in [0.25, 0.3) is 0 Å². The van der Waals surface area contributed by atoms with Crippen molar-refractivity contribution in [2.24, 2.45) is 0 Å². The molecule has 1 rings (SSSR count). The molecule has 17 heavy (non-hydrogen) atoms. The predicted octanol–water partition coefficient (Wildman–Crippen LogP) is 2.77. The molecule has 1 aromatic carbocycles. The Kier molecular flexibility index (Phi) is 3.52. The zero-order chi connectivity index (χ0) is 13.5. The summed E-state index contributed by atoms with van der Waals surface area (Å²) in [6.45, 7) is 2.67. The fourth-order valence-corrected chi connectivity index (χ4v) is 2.29. The third-order valence-electron chi connectivity index (χ3n) is 2.21. The van der Waals surface area contributed by atoms with Gasteiger partial charge in [0.1, 0.15) is 4.90 Å². The van der Waals surface area contributed by atoms with Crippen LogP contribution in [0.25, 0.3) is 0 Å². The SMILES string of the molecule is CC(C)c1c(F)c(F)c(S(C)(=O)=O)c(F)c1F. The molecule has 2 nitrogen and oxygen atoms in total. The monoisotopic (exact) mass is 270 g/mol. The first-order valence-corrected chi connectivity index (χ1v) is 6.54. The van der Waals surface area contributed by atoms with Crippen LogP contribution in [0.3, 0.4) is 0 Å². The molecule has 0 aliphatic rings. The van der Waals surface area contributed by atoms with E-state index in [4.69, 9.17) is 0 Å². The zero-order valence-electron chi connectivity index (χ0n) is 9.31. The van der Waals surface area contributed by atoms with Crippen molar-refractivity contribution in [1.29, 1.82) is 0 Å². The number of rotatable bonds is 2. The highest BCUT2D eigenvalue weighted by Crippen LogP contribution is 2.31. The van der Waals surface area contributed by atoms with E-state index in [-0.39, 0.29) is 0 Å². The van der Waals surface area contributed by atoms with Crippen LogP contribution in [-0.4, -0.2) is 14.7 Å². The smallest absolute Gasteiger partial charge is 0.181 e. The van der Waals surface area contributed by atoms with Gasteiger partial charge in [-0.1, -0.05) is 13.8 Å². The van der Waals surface area contributed by atoms with Crippen molar-refractivity contribution < 1.29 is 26.0 Å². The fourth-order valence-electron chi connectivity index (χ4n) is 1.46. The molecule has 0 bridgehead atoms. The first-order valence-electron chi connectivity index (χ1n) is 4.65. The molecule has 0 radical (unpaired) electrons. The molecule has 0 fully saturated rings. The predicted molar refractivity (Wildman–Crippen MR) is 53.5 cm³/mol.